The quantitative estimate of drug-likeness (QED) is 0.826. The molecule has 6 heteroatoms. The van der Waals surface area contributed by atoms with Gasteiger partial charge in [0.05, 0.1) is 5.60 Å². The van der Waals surface area contributed by atoms with Gasteiger partial charge in [-0.25, -0.2) is 0 Å². The molecule has 1 saturated carbocycles. The Morgan fingerprint density at radius 2 is 2.08 bits per heavy atom. The Bertz CT molecular complexity index is 681. The number of halogens is 1. The van der Waals surface area contributed by atoms with E-state index < -0.39 is 5.60 Å². The van der Waals surface area contributed by atoms with Crippen LogP contribution in [0.4, 0.5) is 0 Å². The van der Waals surface area contributed by atoms with E-state index in [1.54, 1.807) is 11.8 Å². The van der Waals surface area contributed by atoms with Crippen molar-refractivity contribution in [3.8, 4) is 0 Å². The Hall–Kier alpha value is -1.40. The normalized spacial score (nSPS) is 32.1. The number of carbonyl (C=O) groups is 2. The molecule has 24 heavy (non-hydrogen) atoms. The average Bonchev–Trinajstić information content (AvgIpc) is 2.47. The molecule has 0 spiro atoms. The van der Waals surface area contributed by atoms with Gasteiger partial charge >= 0.3 is 0 Å². The summed E-state index contributed by atoms with van der Waals surface area (Å²) >= 11 is 3.45. The molecule has 130 valence electrons. The van der Waals surface area contributed by atoms with Gasteiger partial charge in [0.1, 0.15) is 6.54 Å². The summed E-state index contributed by atoms with van der Waals surface area (Å²) in [5.41, 5.74) is 1.02. The number of fused-ring (bicyclic) bond motifs is 1. The Morgan fingerprint density at radius 3 is 2.71 bits per heavy atom. The maximum atomic E-state index is 12.8. The molecule has 5 nitrogen and oxygen atoms in total. The molecule has 0 radical (unpaired) electrons. The summed E-state index contributed by atoms with van der Waals surface area (Å²) in [5, 5.41) is 12.7. The summed E-state index contributed by atoms with van der Waals surface area (Å²) in [4.78, 5) is 26.7. The van der Waals surface area contributed by atoms with E-state index in [1.165, 1.54) is 0 Å². The van der Waals surface area contributed by atoms with Crippen LogP contribution < -0.4 is 5.32 Å². The molecule has 2 N–H and O–H groups in total. The van der Waals surface area contributed by atoms with Crippen molar-refractivity contribution in [1.82, 2.24) is 10.2 Å². The number of hydrogen-bond acceptors (Lipinski definition) is 3. The molecule has 1 fully saturated rings. The third kappa shape index (κ3) is 3.22. The van der Waals surface area contributed by atoms with E-state index in [-0.39, 0.29) is 36.4 Å². The first kappa shape index (κ1) is 17.4. The smallest absolute Gasteiger partial charge is 0.254 e. The van der Waals surface area contributed by atoms with Gasteiger partial charge in [0.25, 0.3) is 5.91 Å². The van der Waals surface area contributed by atoms with Crippen LogP contribution in [-0.2, 0) is 4.79 Å². The van der Waals surface area contributed by atoms with Crippen molar-refractivity contribution in [2.75, 3.05) is 6.54 Å². The van der Waals surface area contributed by atoms with Crippen molar-refractivity contribution in [3.05, 3.63) is 33.8 Å². The lowest BCUT2D eigenvalue weighted by Gasteiger charge is -2.42. The fraction of sp³-hybridized carbons (Fsp3) is 0.556. The monoisotopic (exact) mass is 394 g/mol. The zero-order chi connectivity index (χ0) is 17.6. The van der Waals surface area contributed by atoms with Crippen molar-refractivity contribution in [3.63, 3.8) is 0 Å². The average molecular weight is 395 g/mol. The van der Waals surface area contributed by atoms with Crippen LogP contribution in [0.5, 0.6) is 0 Å². The number of nitrogens with zero attached hydrogens (tertiary/aromatic N) is 1. The van der Waals surface area contributed by atoms with Gasteiger partial charge in [-0.15, -0.1) is 0 Å². The molecule has 2 atom stereocenters. The second-order valence-corrected chi connectivity index (χ2v) is 8.28. The Morgan fingerprint density at radius 1 is 1.42 bits per heavy atom. The molecule has 1 aromatic carbocycles. The largest absolute Gasteiger partial charge is 0.390 e. The van der Waals surface area contributed by atoms with Gasteiger partial charge in [-0.3, -0.25) is 9.59 Å². The van der Waals surface area contributed by atoms with Crippen LogP contribution in [0.25, 0.3) is 0 Å². The zero-order valence-electron chi connectivity index (χ0n) is 14.2. The first-order valence-corrected chi connectivity index (χ1v) is 9.09. The molecule has 3 rings (SSSR count). The van der Waals surface area contributed by atoms with Gasteiger partial charge in [0.15, 0.2) is 0 Å². The van der Waals surface area contributed by atoms with Crippen LogP contribution in [0.1, 0.15) is 55.5 Å². The minimum atomic E-state index is -0.674. The van der Waals surface area contributed by atoms with E-state index >= 15 is 0 Å². The number of benzene rings is 1. The predicted molar refractivity (Wildman–Crippen MR) is 94.8 cm³/mol. The highest BCUT2D eigenvalue weighted by Crippen LogP contribution is 2.35. The zero-order valence-corrected chi connectivity index (χ0v) is 15.8. The summed E-state index contributed by atoms with van der Waals surface area (Å²) in [6.07, 6.45) is 1.13. The summed E-state index contributed by atoms with van der Waals surface area (Å²) < 4.78 is 0.955. The standard InChI is InChI=1S/C18H23BrN2O3/c1-10-11(2)21(9-16(22)20-13-7-18(3,24)8-13)17(23)14-5-4-12(19)6-15(10)14/h4-6,10-11,13,24H,7-9H2,1-3H3,(H,20,22)/t10-,11+,13?,18?/m0/s1. The van der Waals surface area contributed by atoms with Crippen molar-refractivity contribution in [2.24, 2.45) is 0 Å². The molecule has 0 aromatic heterocycles. The van der Waals surface area contributed by atoms with E-state index in [2.05, 4.69) is 28.2 Å². The minimum absolute atomic E-state index is 0.00311. The molecular weight excluding hydrogens is 372 g/mol. The minimum Gasteiger partial charge on any atom is -0.390 e. The van der Waals surface area contributed by atoms with Crippen LogP contribution in [-0.4, -0.2) is 46.1 Å². The van der Waals surface area contributed by atoms with Crippen molar-refractivity contribution >= 4 is 27.7 Å². The van der Waals surface area contributed by atoms with Crippen LogP contribution in [0.2, 0.25) is 0 Å². The number of hydrogen-bond donors (Lipinski definition) is 2. The van der Waals surface area contributed by atoms with Gasteiger partial charge in [0.2, 0.25) is 5.91 Å². The molecular formula is C18H23BrN2O3. The number of amides is 2. The summed E-state index contributed by atoms with van der Waals surface area (Å²) in [6, 6.07) is 5.62. The molecule has 0 bridgehead atoms. The molecule has 2 aliphatic rings. The van der Waals surface area contributed by atoms with E-state index in [9.17, 15) is 14.7 Å². The summed E-state index contributed by atoms with van der Waals surface area (Å²) in [7, 11) is 0. The second kappa shape index (κ2) is 6.15. The molecule has 1 aliphatic carbocycles. The van der Waals surface area contributed by atoms with Gasteiger partial charge in [-0.05, 0) is 50.5 Å². The first-order chi connectivity index (χ1) is 11.2. The van der Waals surface area contributed by atoms with E-state index in [1.807, 2.05) is 25.1 Å². The molecule has 1 aliphatic heterocycles. The molecule has 1 aromatic rings. The Kier molecular flexibility index (Phi) is 4.47. The third-order valence-electron chi connectivity index (χ3n) is 5.26. The summed E-state index contributed by atoms with van der Waals surface area (Å²) in [5.74, 6) is -0.102. The maximum Gasteiger partial charge on any atom is 0.254 e. The van der Waals surface area contributed by atoms with Gasteiger partial charge in [-0.1, -0.05) is 22.9 Å². The highest BCUT2D eigenvalue weighted by molar-refractivity contribution is 9.10. The lowest BCUT2D eigenvalue weighted by molar-refractivity contribution is -0.126. The van der Waals surface area contributed by atoms with Crippen LogP contribution in [0.3, 0.4) is 0 Å². The molecule has 1 heterocycles. The van der Waals surface area contributed by atoms with E-state index in [0.29, 0.717) is 18.4 Å². The second-order valence-electron chi connectivity index (χ2n) is 7.36. The maximum absolute atomic E-state index is 12.8. The van der Waals surface area contributed by atoms with Crippen molar-refractivity contribution < 1.29 is 14.7 Å². The van der Waals surface area contributed by atoms with Gasteiger partial charge in [-0.2, -0.15) is 0 Å². The summed E-state index contributed by atoms with van der Waals surface area (Å²) in [6.45, 7) is 5.88. The first-order valence-electron chi connectivity index (χ1n) is 8.30. The Labute approximate surface area is 150 Å². The van der Waals surface area contributed by atoms with Gasteiger partial charge < -0.3 is 15.3 Å². The fourth-order valence-corrected chi connectivity index (χ4v) is 4.10. The SMILES string of the molecule is C[C@@H]1c2cc(Br)ccc2C(=O)N(CC(=O)NC2CC(C)(O)C2)[C@@H]1C. The van der Waals surface area contributed by atoms with Crippen molar-refractivity contribution in [2.45, 2.75) is 57.2 Å². The van der Waals surface area contributed by atoms with E-state index in [4.69, 9.17) is 0 Å². The van der Waals surface area contributed by atoms with Crippen LogP contribution in [0.15, 0.2) is 22.7 Å². The van der Waals surface area contributed by atoms with Crippen molar-refractivity contribution in [1.29, 1.82) is 0 Å². The number of nitrogens with one attached hydrogen (secondary N) is 1. The van der Waals surface area contributed by atoms with Crippen LogP contribution >= 0.6 is 15.9 Å². The predicted octanol–water partition coefficient (Wildman–Crippen LogP) is 2.43. The topological polar surface area (TPSA) is 69.6 Å². The Balaban J connectivity index is 1.71. The molecule has 0 unspecified atom stereocenters. The number of carbonyl (C=O) groups excluding carboxylic acids is 2. The third-order valence-corrected chi connectivity index (χ3v) is 5.76. The number of rotatable bonds is 3. The molecule has 2 amide bonds. The van der Waals surface area contributed by atoms with Gasteiger partial charge in [0, 0.05) is 28.0 Å². The molecule has 0 saturated heterocycles. The fourth-order valence-electron chi connectivity index (χ4n) is 3.72. The lowest BCUT2D eigenvalue weighted by atomic mass is 9.77. The highest BCUT2D eigenvalue weighted by atomic mass is 79.9. The lowest BCUT2D eigenvalue weighted by Crippen LogP contribution is -2.56. The highest BCUT2D eigenvalue weighted by Gasteiger charge is 2.40. The number of aliphatic hydroxyl groups is 1. The van der Waals surface area contributed by atoms with Crippen LogP contribution in [0, 0.1) is 0 Å². The van der Waals surface area contributed by atoms with E-state index in [0.717, 1.165) is 10.0 Å².